The Morgan fingerprint density at radius 3 is 2.92 bits per heavy atom. The number of nitrogens with zero attached hydrogens (tertiary/aromatic N) is 3. The van der Waals surface area contributed by atoms with Crippen LogP contribution >= 0.6 is 11.6 Å². The van der Waals surface area contributed by atoms with E-state index in [1.165, 1.54) is 5.56 Å². The molecule has 1 unspecified atom stereocenters. The van der Waals surface area contributed by atoms with E-state index in [4.69, 9.17) is 11.6 Å². The average Bonchev–Trinajstić information content (AvgIpc) is 2.67. The molecule has 1 atom stereocenters. The monoisotopic (exact) mass is 374 g/mol. The number of aromatic nitrogens is 2. The first kappa shape index (κ1) is 18.9. The maximum absolute atomic E-state index is 9.43. The van der Waals surface area contributed by atoms with Gasteiger partial charge in [-0.1, -0.05) is 37.6 Å². The van der Waals surface area contributed by atoms with Gasteiger partial charge in [0.05, 0.1) is 0 Å². The number of rotatable bonds is 6. The lowest BCUT2D eigenvalue weighted by molar-refractivity contribution is 0.208. The zero-order valence-corrected chi connectivity index (χ0v) is 16.2. The highest BCUT2D eigenvalue weighted by molar-refractivity contribution is 6.30. The fourth-order valence-corrected chi connectivity index (χ4v) is 3.55. The lowest BCUT2D eigenvalue weighted by atomic mass is 9.84. The van der Waals surface area contributed by atoms with E-state index in [0.29, 0.717) is 5.92 Å². The molecule has 2 aromatic rings. The number of hydrogen-bond donors (Lipinski definition) is 2. The second kappa shape index (κ2) is 8.23. The number of piperidine rings is 1. The Kier molecular flexibility index (Phi) is 5.99. The van der Waals surface area contributed by atoms with E-state index in [1.54, 1.807) is 6.33 Å². The Morgan fingerprint density at radius 2 is 2.15 bits per heavy atom. The van der Waals surface area contributed by atoms with Crippen LogP contribution in [0.5, 0.6) is 0 Å². The van der Waals surface area contributed by atoms with E-state index in [9.17, 15) is 5.11 Å². The molecule has 1 aromatic heterocycles. The summed E-state index contributed by atoms with van der Waals surface area (Å²) < 4.78 is 0. The molecular weight excluding hydrogens is 348 g/mol. The van der Waals surface area contributed by atoms with Crippen molar-refractivity contribution in [2.75, 3.05) is 36.5 Å². The largest absolute Gasteiger partial charge is 0.396 e. The molecule has 1 aliphatic rings. The topological polar surface area (TPSA) is 61.3 Å². The zero-order chi connectivity index (χ0) is 18.6. The maximum atomic E-state index is 9.43. The minimum atomic E-state index is -0.0802. The third-order valence-electron chi connectivity index (χ3n) is 5.07. The van der Waals surface area contributed by atoms with Crippen molar-refractivity contribution >= 4 is 23.2 Å². The zero-order valence-electron chi connectivity index (χ0n) is 15.5. The van der Waals surface area contributed by atoms with Gasteiger partial charge in [0.1, 0.15) is 18.0 Å². The molecule has 2 N–H and O–H groups in total. The predicted molar refractivity (Wildman–Crippen MR) is 107 cm³/mol. The molecule has 0 aliphatic carbocycles. The summed E-state index contributed by atoms with van der Waals surface area (Å²) in [4.78, 5) is 11.0. The molecule has 0 saturated carbocycles. The third kappa shape index (κ3) is 4.65. The predicted octanol–water partition coefficient (Wildman–Crippen LogP) is 3.73. The Balaban J connectivity index is 1.67. The van der Waals surface area contributed by atoms with Crippen molar-refractivity contribution in [3.05, 3.63) is 47.2 Å². The fourth-order valence-electron chi connectivity index (χ4n) is 3.36. The summed E-state index contributed by atoms with van der Waals surface area (Å²) in [5, 5.41) is 13.6. The highest BCUT2D eigenvalue weighted by atomic mass is 35.5. The Hall–Kier alpha value is -1.85. The van der Waals surface area contributed by atoms with Gasteiger partial charge in [0.25, 0.3) is 0 Å². The number of nitrogens with one attached hydrogen (secondary N) is 1. The smallest absolute Gasteiger partial charge is 0.134 e. The Bertz CT molecular complexity index is 737. The van der Waals surface area contributed by atoms with Gasteiger partial charge in [0.15, 0.2) is 0 Å². The van der Waals surface area contributed by atoms with Crippen molar-refractivity contribution in [1.82, 2.24) is 9.97 Å². The van der Waals surface area contributed by atoms with Crippen LogP contribution in [0.3, 0.4) is 0 Å². The molecule has 1 aliphatic heterocycles. The van der Waals surface area contributed by atoms with Crippen molar-refractivity contribution in [2.24, 2.45) is 5.92 Å². The van der Waals surface area contributed by atoms with Crippen LogP contribution in [-0.2, 0) is 5.41 Å². The molecule has 0 spiro atoms. The number of benzene rings is 1. The number of halogens is 1. The molecule has 26 heavy (non-hydrogen) atoms. The SMILES string of the molecule is CC(C)(CNc1cc(N2CCCC(CO)C2)ncn1)c1cccc(Cl)c1. The lowest BCUT2D eigenvalue weighted by Gasteiger charge is -2.33. The van der Waals surface area contributed by atoms with Crippen molar-refractivity contribution in [3.8, 4) is 0 Å². The normalized spacial score (nSPS) is 18.0. The van der Waals surface area contributed by atoms with Gasteiger partial charge in [-0.2, -0.15) is 0 Å². The van der Waals surface area contributed by atoms with Crippen LogP contribution in [0.4, 0.5) is 11.6 Å². The van der Waals surface area contributed by atoms with Gasteiger partial charge in [-0.05, 0) is 36.5 Å². The molecule has 1 fully saturated rings. The minimum Gasteiger partial charge on any atom is -0.396 e. The van der Waals surface area contributed by atoms with Crippen LogP contribution < -0.4 is 10.2 Å². The van der Waals surface area contributed by atoms with E-state index in [2.05, 4.69) is 40.1 Å². The van der Waals surface area contributed by atoms with Gasteiger partial charge >= 0.3 is 0 Å². The fraction of sp³-hybridized carbons (Fsp3) is 0.500. The first-order valence-electron chi connectivity index (χ1n) is 9.16. The molecule has 2 heterocycles. The van der Waals surface area contributed by atoms with Gasteiger partial charge in [-0.15, -0.1) is 0 Å². The lowest BCUT2D eigenvalue weighted by Crippen LogP contribution is -2.37. The van der Waals surface area contributed by atoms with Gasteiger partial charge in [-0.3, -0.25) is 0 Å². The van der Waals surface area contributed by atoms with Gasteiger partial charge in [0, 0.05) is 42.7 Å². The quantitative estimate of drug-likeness (QED) is 0.806. The molecule has 3 rings (SSSR count). The van der Waals surface area contributed by atoms with E-state index in [0.717, 1.165) is 49.1 Å². The number of aliphatic hydroxyl groups excluding tert-OH is 1. The molecule has 0 bridgehead atoms. The number of hydrogen-bond acceptors (Lipinski definition) is 5. The standard InChI is InChI=1S/C20H27ClN4O/c1-20(2,16-6-3-7-17(21)9-16)13-22-18-10-19(24-14-23-18)25-8-4-5-15(11-25)12-26/h3,6-7,9-10,14-15,26H,4-5,8,11-13H2,1-2H3,(H,22,23,24). The summed E-state index contributed by atoms with van der Waals surface area (Å²) in [6, 6.07) is 9.98. The Labute approximate surface area is 160 Å². The Morgan fingerprint density at radius 1 is 1.31 bits per heavy atom. The van der Waals surface area contributed by atoms with E-state index < -0.39 is 0 Å². The highest BCUT2D eigenvalue weighted by Gasteiger charge is 2.22. The maximum Gasteiger partial charge on any atom is 0.134 e. The molecule has 5 nitrogen and oxygen atoms in total. The van der Waals surface area contributed by atoms with Crippen LogP contribution in [0.15, 0.2) is 36.7 Å². The van der Waals surface area contributed by atoms with Crippen LogP contribution in [0.1, 0.15) is 32.3 Å². The molecule has 0 radical (unpaired) electrons. The third-order valence-corrected chi connectivity index (χ3v) is 5.31. The van der Waals surface area contributed by atoms with E-state index in [1.807, 2.05) is 24.3 Å². The highest BCUT2D eigenvalue weighted by Crippen LogP contribution is 2.27. The van der Waals surface area contributed by atoms with Crippen LogP contribution in [0, 0.1) is 5.92 Å². The molecule has 0 amide bonds. The average molecular weight is 375 g/mol. The van der Waals surface area contributed by atoms with Crippen LogP contribution in [0.2, 0.25) is 5.02 Å². The van der Waals surface area contributed by atoms with Crippen molar-refractivity contribution in [2.45, 2.75) is 32.1 Å². The molecular formula is C20H27ClN4O. The van der Waals surface area contributed by atoms with Crippen LogP contribution in [0.25, 0.3) is 0 Å². The van der Waals surface area contributed by atoms with Gasteiger partial charge in [-0.25, -0.2) is 9.97 Å². The summed E-state index contributed by atoms with van der Waals surface area (Å²) in [5.41, 5.74) is 1.11. The summed E-state index contributed by atoms with van der Waals surface area (Å²) in [6.07, 6.45) is 3.77. The second-order valence-corrected chi connectivity index (χ2v) is 8.08. The van der Waals surface area contributed by atoms with Crippen LogP contribution in [-0.4, -0.2) is 41.3 Å². The van der Waals surface area contributed by atoms with E-state index in [-0.39, 0.29) is 12.0 Å². The number of anilines is 2. The summed E-state index contributed by atoms with van der Waals surface area (Å²) in [6.45, 7) is 7.17. The molecule has 1 aromatic carbocycles. The molecule has 1 saturated heterocycles. The first-order valence-corrected chi connectivity index (χ1v) is 9.53. The number of aliphatic hydroxyl groups is 1. The molecule has 140 valence electrons. The van der Waals surface area contributed by atoms with Crippen molar-refractivity contribution < 1.29 is 5.11 Å². The van der Waals surface area contributed by atoms with Crippen molar-refractivity contribution in [1.29, 1.82) is 0 Å². The first-order chi connectivity index (χ1) is 12.5. The summed E-state index contributed by atoms with van der Waals surface area (Å²) in [7, 11) is 0. The van der Waals surface area contributed by atoms with Crippen molar-refractivity contribution in [3.63, 3.8) is 0 Å². The minimum absolute atomic E-state index is 0.0802. The van der Waals surface area contributed by atoms with Gasteiger partial charge < -0.3 is 15.3 Å². The second-order valence-electron chi connectivity index (χ2n) is 7.65. The summed E-state index contributed by atoms with van der Waals surface area (Å²) in [5.74, 6) is 2.06. The van der Waals surface area contributed by atoms with Gasteiger partial charge in [0.2, 0.25) is 0 Å². The molecule has 6 heteroatoms. The summed E-state index contributed by atoms with van der Waals surface area (Å²) >= 11 is 6.13. The van der Waals surface area contributed by atoms with E-state index >= 15 is 0 Å².